The van der Waals surface area contributed by atoms with Crippen LogP contribution in [0.4, 0.5) is 0 Å². The van der Waals surface area contributed by atoms with Gasteiger partial charge in [-0.15, -0.1) is 0 Å². The lowest BCUT2D eigenvalue weighted by Crippen LogP contribution is -2.40. The molecule has 0 bridgehead atoms. The number of nitrogens with zero attached hydrogens (tertiary/aromatic N) is 1. The van der Waals surface area contributed by atoms with E-state index in [0.717, 1.165) is 17.6 Å². The highest BCUT2D eigenvalue weighted by atomic mass is 16.6. The third-order valence-electron chi connectivity index (χ3n) is 4.72. The van der Waals surface area contributed by atoms with Gasteiger partial charge >= 0.3 is 0 Å². The molecule has 0 saturated carbocycles. The largest absolute Gasteiger partial charge is 0.466 e. The maximum atomic E-state index is 12.0. The van der Waals surface area contributed by atoms with Crippen molar-refractivity contribution in [2.45, 2.75) is 31.7 Å². The first-order valence-electron chi connectivity index (χ1n) is 7.94. The summed E-state index contributed by atoms with van der Waals surface area (Å²) in [7, 11) is 0. The fraction of sp³-hybridized carbons (Fsp3) is 0.316. The van der Waals surface area contributed by atoms with E-state index in [1.54, 1.807) is 6.07 Å². The molecule has 1 heterocycles. The Morgan fingerprint density at radius 1 is 1.17 bits per heavy atom. The van der Waals surface area contributed by atoms with Crippen molar-refractivity contribution >= 4 is 6.29 Å². The lowest BCUT2D eigenvalue weighted by molar-refractivity contribution is -0.532. The fourth-order valence-electron chi connectivity index (χ4n) is 3.70. The summed E-state index contributed by atoms with van der Waals surface area (Å²) in [4.78, 5) is 23.3. The lowest BCUT2D eigenvalue weighted by Gasteiger charge is -2.34. The molecule has 1 aromatic heterocycles. The summed E-state index contributed by atoms with van der Waals surface area (Å²) in [6.07, 6.45) is 2.58. The molecule has 0 fully saturated rings. The van der Waals surface area contributed by atoms with Crippen LogP contribution in [-0.2, 0) is 4.79 Å². The van der Waals surface area contributed by atoms with Gasteiger partial charge in [-0.25, -0.2) is 0 Å². The van der Waals surface area contributed by atoms with Gasteiger partial charge < -0.3 is 4.42 Å². The van der Waals surface area contributed by atoms with E-state index >= 15 is 0 Å². The van der Waals surface area contributed by atoms with E-state index in [1.165, 1.54) is 0 Å². The minimum Gasteiger partial charge on any atom is -0.466 e. The number of aryl methyl sites for hydroxylation is 1. The van der Waals surface area contributed by atoms with Crippen molar-refractivity contribution in [3.8, 4) is 0 Å². The first-order valence-corrected chi connectivity index (χ1v) is 7.94. The van der Waals surface area contributed by atoms with Crippen LogP contribution >= 0.6 is 0 Å². The number of nitro groups is 1. The van der Waals surface area contributed by atoms with Crippen molar-refractivity contribution in [3.63, 3.8) is 0 Å². The monoisotopic (exact) mass is 325 g/mol. The first-order chi connectivity index (χ1) is 11.5. The van der Waals surface area contributed by atoms with E-state index < -0.39 is 17.9 Å². The van der Waals surface area contributed by atoms with Gasteiger partial charge in [0, 0.05) is 10.5 Å². The molecule has 3 rings (SSSR count). The quantitative estimate of drug-likeness (QED) is 0.486. The summed E-state index contributed by atoms with van der Waals surface area (Å²) < 4.78 is 5.70. The van der Waals surface area contributed by atoms with E-state index in [0.29, 0.717) is 11.3 Å². The standard InChI is InChI=1S/C19H19NO4/c1-12-10-15(11-21)18(14-6-4-3-5-7-14)19(20(22)23)17(12)16-9-8-13(2)24-16/h3-12,17-19H,1-2H3/t12-,17-,18+,19+/m0/s1. The fourth-order valence-corrected chi connectivity index (χ4v) is 3.70. The molecule has 1 aliphatic carbocycles. The van der Waals surface area contributed by atoms with Crippen molar-refractivity contribution in [1.29, 1.82) is 0 Å². The summed E-state index contributed by atoms with van der Waals surface area (Å²) in [5.41, 5.74) is 1.24. The average Bonchev–Trinajstić information content (AvgIpc) is 3.00. The molecular formula is C19H19NO4. The summed E-state index contributed by atoms with van der Waals surface area (Å²) in [6.45, 7) is 3.71. The Labute approximate surface area is 140 Å². The topological polar surface area (TPSA) is 73.3 Å². The second-order valence-corrected chi connectivity index (χ2v) is 6.28. The van der Waals surface area contributed by atoms with Crippen LogP contribution < -0.4 is 0 Å². The number of carbonyl (C=O) groups is 1. The van der Waals surface area contributed by atoms with Crippen LogP contribution in [0.1, 0.15) is 35.8 Å². The summed E-state index contributed by atoms with van der Waals surface area (Å²) in [5.74, 6) is 0.170. The number of benzene rings is 1. The molecule has 0 N–H and O–H groups in total. The Morgan fingerprint density at radius 3 is 2.42 bits per heavy atom. The van der Waals surface area contributed by atoms with Crippen LogP contribution in [0.2, 0.25) is 0 Å². The number of aldehydes is 1. The average molecular weight is 325 g/mol. The van der Waals surface area contributed by atoms with Crippen molar-refractivity contribution in [2.24, 2.45) is 5.92 Å². The lowest BCUT2D eigenvalue weighted by atomic mass is 9.69. The third kappa shape index (κ3) is 2.77. The Bertz CT molecular complexity index is 778. The molecule has 0 amide bonds. The Kier molecular flexibility index (Phi) is 4.34. The third-order valence-corrected chi connectivity index (χ3v) is 4.72. The van der Waals surface area contributed by atoms with Gasteiger partial charge in [-0.05, 0) is 30.5 Å². The van der Waals surface area contributed by atoms with Crippen LogP contribution in [0.25, 0.3) is 0 Å². The predicted molar refractivity (Wildman–Crippen MR) is 89.5 cm³/mol. The Balaban J connectivity index is 2.16. The maximum absolute atomic E-state index is 12.0. The molecule has 5 heteroatoms. The smallest absolute Gasteiger partial charge is 0.234 e. The van der Waals surface area contributed by atoms with E-state index in [-0.39, 0.29) is 10.8 Å². The van der Waals surface area contributed by atoms with Crippen LogP contribution in [0.5, 0.6) is 0 Å². The number of furan rings is 1. The highest BCUT2D eigenvalue weighted by molar-refractivity contribution is 5.77. The molecule has 5 nitrogen and oxygen atoms in total. The van der Waals surface area contributed by atoms with E-state index in [9.17, 15) is 14.9 Å². The van der Waals surface area contributed by atoms with Gasteiger partial charge in [0.05, 0.1) is 11.8 Å². The molecule has 0 aliphatic heterocycles. The zero-order valence-electron chi connectivity index (χ0n) is 13.6. The van der Waals surface area contributed by atoms with E-state index in [1.807, 2.05) is 56.3 Å². The van der Waals surface area contributed by atoms with Gasteiger partial charge in [-0.2, -0.15) is 0 Å². The van der Waals surface area contributed by atoms with Crippen LogP contribution in [0.3, 0.4) is 0 Å². The second kappa shape index (κ2) is 6.43. The molecule has 124 valence electrons. The number of carbonyl (C=O) groups excluding carboxylic acids is 1. The molecule has 2 aromatic rings. The minimum absolute atomic E-state index is 0.161. The van der Waals surface area contributed by atoms with Crippen molar-refractivity contribution in [2.75, 3.05) is 0 Å². The summed E-state index contributed by atoms with van der Waals surface area (Å²) >= 11 is 0. The first kappa shape index (κ1) is 16.2. The molecule has 0 unspecified atom stereocenters. The molecule has 4 atom stereocenters. The van der Waals surface area contributed by atoms with Gasteiger partial charge in [0.15, 0.2) is 0 Å². The van der Waals surface area contributed by atoms with Crippen molar-refractivity contribution < 1.29 is 14.1 Å². The Hall–Kier alpha value is -2.69. The van der Waals surface area contributed by atoms with Crippen LogP contribution in [-0.4, -0.2) is 17.3 Å². The van der Waals surface area contributed by atoms with Gasteiger partial charge in [-0.3, -0.25) is 14.9 Å². The van der Waals surface area contributed by atoms with Crippen molar-refractivity contribution in [1.82, 2.24) is 0 Å². The molecule has 0 saturated heterocycles. The number of hydrogen-bond acceptors (Lipinski definition) is 4. The summed E-state index contributed by atoms with van der Waals surface area (Å²) in [6, 6.07) is 11.9. The normalized spacial score (nSPS) is 26.7. The molecule has 1 aromatic carbocycles. The molecular weight excluding hydrogens is 306 g/mol. The number of hydrogen-bond donors (Lipinski definition) is 0. The SMILES string of the molecule is Cc1ccc([C@H]2[C@@H]([N+](=O)[O-])[C@H](c3ccccc3)C(C=O)=C[C@@H]2C)o1. The zero-order valence-corrected chi connectivity index (χ0v) is 13.6. The van der Waals surface area contributed by atoms with Gasteiger partial charge in [-0.1, -0.05) is 43.3 Å². The predicted octanol–water partition coefficient (Wildman–Crippen LogP) is 3.88. The van der Waals surface area contributed by atoms with Crippen molar-refractivity contribution in [3.05, 3.63) is 81.3 Å². The van der Waals surface area contributed by atoms with Crippen LogP contribution in [0, 0.1) is 23.0 Å². The Morgan fingerprint density at radius 2 is 1.88 bits per heavy atom. The van der Waals surface area contributed by atoms with Gasteiger partial charge in [0.1, 0.15) is 17.8 Å². The molecule has 0 radical (unpaired) electrons. The highest BCUT2D eigenvalue weighted by Gasteiger charge is 2.49. The van der Waals surface area contributed by atoms with Gasteiger partial charge in [0.25, 0.3) is 0 Å². The minimum atomic E-state index is -0.946. The maximum Gasteiger partial charge on any atom is 0.234 e. The van der Waals surface area contributed by atoms with Gasteiger partial charge in [0.2, 0.25) is 6.04 Å². The number of allylic oxidation sites excluding steroid dienone is 1. The summed E-state index contributed by atoms with van der Waals surface area (Å²) in [5, 5.41) is 12.0. The number of rotatable bonds is 4. The molecule has 1 aliphatic rings. The van der Waals surface area contributed by atoms with Crippen LogP contribution in [0.15, 0.2) is 58.5 Å². The van der Waals surface area contributed by atoms with E-state index in [2.05, 4.69) is 0 Å². The molecule has 24 heavy (non-hydrogen) atoms. The zero-order chi connectivity index (χ0) is 17.3. The highest BCUT2D eigenvalue weighted by Crippen LogP contribution is 2.45. The van der Waals surface area contributed by atoms with E-state index in [4.69, 9.17) is 4.42 Å². The molecule has 0 spiro atoms. The second-order valence-electron chi connectivity index (χ2n) is 6.28.